The maximum atomic E-state index is 13.8. The van der Waals surface area contributed by atoms with E-state index in [2.05, 4.69) is 9.97 Å². The number of hydrogen-bond donors (Lipinski definition) is 0. The van der Waals surface area contributed by atoms with Crippen LogP contribution in [0.2, 0.25) is 0 Å². The van der Waals surface area contributed by atoms with Crippen molar-refractivity contribution in [1.29, 1.82) is 0 Å². The summed E-state index contributed by atoms with van der Waals surface area (Å²) in [6, 6.07) is 3.47. The number of carbonyl (C=O) groups excluding carboxylic acids is 1. The van der Waals surface area contributed by atoms with E-state index in [9.17, 15) is 13.6 Å². The molecule has 0 spiro atoms. The summed E-state index contributed by atoms with van der Waals surface area (Å²) in [6.07, 6.45) is 6.08. The van der Waals surface area contributed by atoms with Gasteiger partial charge in [-0.3, -0.25) is 9.78 Å². The third-order valence-electron chi connectivity index (χ3n) is 3.39. The lowest BCUT2D eigenvalue weighted by Crippen LogP contribution is -2.33. The van der Waals surface area contributed by atoms with Crippen LogP contribution >= 0.6 is 0 Å². The Bertz CT molecular complexity index is 659. The van der Waals surface area contributed by atoms with E-state index < -0.39 is 11.6 Å². The quantitative estimate of drug-likeness (QED) is 0.869. The van der Waals surface area contributed by atoms with E-state index in [0.29, 0.717) is 5.56 Å². The predicted molar refractivity (Wildman–Crippen MR) is 71.3 cm³/mol. The van der Waals surface area contributed by atoms with Crippen LogP contribution < -0.4 is 0 Å². The average Bonchev–Trinajstić information content (AvgIpc) is 3.31. The third-order valence-corrected chi connectivity index (χ3v) is 3.39. The van der Waals surface area contributed by atoms with Gasteiger partial charge in [-0.2, -0.15) is 0 Å². The summed E-state index contributed by atoms with van der Waals surface area (Å²) >= 11 is 0. The summed E-state index contributed by atoms with van der Waals surface area (Å²) in [5.74, 6) is -1.56. The van der Waals surface area contributed by atoms with Crippen molar-refractivity contribution in [2.45, 2.75) is 25.4 Å². The van der Waals surface area contributed by atoms with Gasteiger partial charge in [0.15, 0.2) is 0 Å². The summed E-state index contributed by atoms with van der Waals surface area (Å²) in [5, 5.41) is 0. The molecule has 1 aliphatic carbocycles. The van der Waals surface area contributed by atoms with Crippen molar-refractivity contribution in [3.63, 3.8) is 0 Å². The highest BCUT2D eigenvalue weighted by atomic mass is 19.1. The van der Waals surface area contributed by atoms with Crippen LogP contribution in [0.3, 0.4) is 0 Å². The molecule has 1 heterocycles. The molecular formula is C15H13F2N3O. The smallest absolute Gasteiger partial charge is 0.274 e. The number of hydrogen-bond acceptors (Lipinski definition) is 3. The molecule has 0 bridgehead atoms. The highest BCUT2D eigenvalue weighted by molar-refractivity contribution is 5.92. The summed E-state index contributed by atoms with van der Waals surface area (Å²) in [7, 11) is 0. The molecule has 0 atom stereocenters. The first-order chi connectivity index (χ1) is 10.1. The fraction of sp³-hybridized carbons (Fsp3) is 0.267. The normalized spacial score (nSPS) is 14.0. The first-order valence-corrected chi connectivity index (χ1v) is 6.66. The second-order valence-electron chi connectivity index (χ2n) is 4.99. The molecule has 2 aromatic rings. The van der Waals surface area contributed by atoms with E-state index in [-0.39, 0.29) is 24.2 Å². The molecule has 0 N–H and O–H groups in total. The Hall–Kier alpha value is -2.37. The number of aromatic nitrogens is 2. The maximum absolute atomic E-state index is 13.8. The zero-order chi connectivity index (χ0) is 14.8. The molecule has 21 heavy (non-hydrogen) atoms. The molecule has 1 amide bonds. The van der Waals surface area contributed by atoms with Crippen LogP contribution in [0.1, 0.15) is 28.9 Å². The van der Waals surface area contributed by atoms with Crippen molar-refractivity contribution in [2.24, 2.45) is 0 Å². The molecule has 6 heteroatoms. The molecule has 1 aromatic heterocycles. The lowest BCUT2D eigenvalue weighted by Gasteiger charge is -2.22. The number of halogens is 2. The van der Waals surface area contributed by atoms with Crippen LogP contribution in [-0.2, 0) is 6.54 Å². The lowest BCUT2D eigenvalue weighted by atomic mass is 10.2. The Morgan fingerprint density at radius 1 is 1.29 bits per heavy atom. The molecule has 0 aliphatic heterocycles. The van der Waals surface area contributed by atoms with E-state index in [0.717, 1.165) is 18.9 Å². The van der Waals surface area contributed by atoms with E-state index in [4.69, 9.17) is 0 Å². The minimum absolute atomic E-state index is 0.0870. The number of rotatable bonds is 4. The number of amides is 1. The van der Waals surface area contributed by atoms with Gasteiger partial charge in [0.2, 0.25) is 0 Å². The van der Waals surface area contributed by atoms with Gasteiger partial charge in [-0.05, 0) is 18.9 Å². The Balaban J connectivity index is 1.84. The van der Waals surface area contributed by atoms with Crippen LogP contribution in [-0.4, -0.2) is 26.8 Å². The molecule has 0 radical (unpaired) electrons. The SMILES string of the molecule is O=C(c1cnccn1)N(Cc1ccc(F)cc1F)C1CC1. The fourth-order valence-corrected chi connectivity index (χ4v) is 2.14. The van der Waals surface area contributed by atoms with E-state index >= 15 is 0 Å². The van der Waals surface area contributed by atoms with Gasteiger partial charge < -0.3 is 4.90 Å². The number of benzene rings is 1. The minimum Gasteiger partial charge on any atom is -0.330 e. The number of carbonyl (C=O) groups is 1. The van der Waals surface area contributed by atoms with Crippen LogP contribution in [0.4, 0.5) is 8.78 Å². The van der Waals surface area contributed by atoms with Gasteiger partial charge in [-0.25, -0.2) is 13.8 Å². The van der Waals surface area contributed by atoms with Gasteiger partial charge in [0.05, 0.1) is 6.20 Å². The Kier molecular flexibility index (Phi) is 3.60. The number of nitrogens with zero attached hydrogens (tertiary/aromatic N) is 3. The standard InChI is InChI=1S/C15H13F2N3O/c16-11-2-1-10(13(17)7-11)9-20(12-3-4-12)15(21)14-8-18-5-6-19-14/h1-2,5-8,12H,3-4,9H2. The fourth-order valence-electron chi connectivity index (χ4n) is 2.14. The average molecular weight is 289 g/mol. The van der Waals surface area contributed by atoms with Gasteiger partial charge in [0.1, 0.15) is 17.3 Å². The van der Waals surface area contributed by atoms with E-state index in [1.54, 1.807) is 4.90 Å². The second kappa shape index (κ2) is 5.55. The van der Waals surface area contributed by atoms with Crippen molar-refractivity contribution in [3.8, 4) is 0 Å². The lowest BCUT2D eigenvalue weighted by molar-refractivity contribution is 0.0721. The van der Waals surface area contributed by atoms with Crippen LogP contribution in [0.25, 0.3) is 0 Å². The third kappa shape index (κ3) is 3.04. The predicted octanol–water partition coefficient (Wildman–Crippen LogP) is 2.56. The molecule has 108 valence electrons. The van der Waals surface area contributed by atoms with Crippen molar-refractivity contribution in [1.82, 2.24) is 14.9 Å². The first kappa shape index (κ1) is 13.6. The molecule has 0 unspecified atom stereocenters. The molecule has 1 fully saturated rings. The van der Waals surface area contributed by atoms with E-state index in [1.807, 2.05) is 0 Å². The largest absolute Gasteiger partial charge is 0.330 e. The Morgan fingerprint density at radius 2 is 2.10 bits per heavy atom. The highest BCUT2D eigenvalue weighted by Crippen LogP contribution is 2.30. The van der Waals surface area contributed by atoms with Crippen molar-refractivity contribution < 1.29 is 13.6 Å². The van der Waals surface area contributed by atoms with Crippen LogP contribution in [0.15, 0.2) is 36.8 Å². The molecule has 1 saturated carbocycles. The molecule has 1 aliphatic rings. The topological polar surface area (TPSA) is 46.1 Å². The Labute approximate surface area is 120 Å². The monoisotopic (exact) mass is 289 g/mol. The summed E-state index contributed by atoms with van der Waals surface area (Å²) in [6.45, 7) is 0.103. The van der Waals surface area contributed by atoms with Crippen LogP contribution in [0, 0.1) is 11.6 Å². The van der Waals surface area contributed by atoms with Gasteiger partial charge in [-0.15, -0.1) is 0 Å². The minimum atomic E-state index is -0.646. The summed E-state index contributed by atoms with van der Waals surface area (Å²) in [4.78, 5) is 21.9. The first-order valence-electron chi connectivity index (χ1n) is 6.66. The van der Waals surface area contributed by atoms with Gasteiger partial charge in [0, 0.05) is 36.6 Å². The molecule has 0 saturated heterocycles. The highest BCUT2D eigenvalue weighted by Gasteiger charge is 2.34. The van der Waals surface area contributed by atoms with Crippen molar-refractivity contribution in [3.05, 3.63) is 59.7 Å². The zero-order valence-corrected chi connectivity index (χ0v) is 11.2. The van der Waals surface area contributed by atoms with Gasteiger partial charge >= 0.3 is 0 Å². The van der Waals surface area contributed by atoms with Gasteiger partial charge in [0.25, 0.3) is 5.91 Å². The second-order valence-corrected chi connectivity index (χ2v) is 4.99. The van der Waals surface area contributed by atoms with Crippen molar-refractivity contribution >= 4 is 5.91 Å². The van der Waals surface area contributed by atoms with Crippen LogP contribution in [0.5, 0.6) is 0 Å². The van der Waals surface area contributed by atoms with Crippen molar-refractivity contribution in [2.75, 3.05) is 0 Å². The summed E-state index contributed by atoms with van der Waals surface area (Å²) in [5.41, 5.74) is 0.521. The maximum Gasteiger partial charge on any atom is 0.274 e. The summed E-state index contributed by atoms with van der Waals surface area (Å²) < 4.78 is 26.7. The molecule has 1 aromatic carbocycles. The zero-order valence-electron chi connectivity index (χ0n) is 11.2. The van der Waals surface area contributed by atoms with E-state index in [1.165, 1.54) is 30.7 Å². The Morgan fingerprint density at radius 3 is 2.71 bits per heavy atom. The molecule has 4 nitrogen and oxygen atoms in total. The molecule has 3 rings (SSSR count). The molecular weight excluding hydrogens is 276 g/mol. The van der Waals surface area contributed by atoms with Gasteiger partial charge in [-0.1, -0.05) is 6.07 Å².